The first-order valence-electron chi connectivity index (χ1n) is 37.3. The van der Waals surface area contributed by atoms with Gasteiger partial charge in [0.2, 0.25) is 0 Å². The third-order valence-corrected chi connectivity index (χ3v) is 18.5. The Kier molecular flexibility index (Phi) is 64.3. The number of phosphoric ester groups is 2. The van der Waals surface area contributed by atoms with Crippen molar-refractivity contribution in [3.8, 4) is 0 Å². The highest BCUT2D eigenvalue weighted by Crippen LogP contribution is 2.45. The van der Waals surface area contributed by atoms with Gasteiger partial charge in [-0.2, -0.15) is 0 Å². The van der Waals surface area contributed by atoms with E-state index in [2.05, 4.69) is 27.7 Å². The molecule has 19 heteroatoms. The smallest absolute Gasteiger partial charge is 0.462 e. The van der Waals surface area contributed by atoms with Crippen molar-refractivity contribution >= 4 is 39.5 Å². The number of carbonyl (C=O) groups excluding carboxylic acids is 4. The summed E-state index contributed by atoms with van der Waals surface area (Å²) < 4.78 is 68.2. The lowest BCUT2D eigenvalue weighted by atomic mass is 10.0. The van der Waals surface area contributed by atoms with Crippen LogP contribution in [0.15, 0.2) is 0 Å². The van der Waals surface area contributed by atoms with Crippen molar-refractivity contribution in [1.82, 2.24) is 0 Å². The molecule has 17 nitrogen and oxygen atoms in total. The molecule has 0 aromatic heterocycles. The van der Waals surface area contributed by atoms with E-state index in [4.69, 9.17) is 37.0 Å². The van der Waals surface area contributed by atoms with Gasteiger partial charge < -0.3 is 33.8 Å². The fourth-order valence-electron chi connectivity index (χ4n) is 10.9. The summed E-state index contributed by atoms with van der Waals surface area (Å²) in [6, 6.07) is 0. The van der Waals surface area contributed by atoms with Crippen LogP contribution in [0.1, 0.15) is 374 Å². The molecule has 0 aliphatic heterocycles. The van der Waals surface area contributed by atoms with E-state index >= 15 is 0 Å². The minimum Gasteiger partial charge on any atom is -0.462 e. The quantitative estimate of drug-likeness (QED) is 0.0222. The maximum atomic E-state index is 13.0. The zero-order valence-electron chi connectivity index (χ0n) is 58.1. The molecular weight excluding hydrogens is 1190 g/mol. The number of hydrogen-bond acceptors (Lipinski definition) is 15. The normalized spacial score (nSPS) is 14.0. The maximum absolute atomic E-state index is 13.0. The standard InChI is InChI=1S/C71H138O17P2/c1-5-9-13-17-21-24-27-29-31-33-35-37-39-42-46-50-54-58-71(76)88-67(62-82-69(74)56-52-48-44-41-38-36-34-32-30-28-25-22-18-14-10-6-2)64-86-90(79,80)84-60-65(72)59-83-89(77,78)85-63-66(61-81-68(73)55-51-47-43-20-16-12-8-4)87-70(75)57-53-49-45-40-26-23-19-15-11-7-3/h65-67,72H,5-64H2,1-4H3,(H,77,78)(H,79,80)/t65-,66+,67+/m0/s1. The molecule has 0 radical (unpaired) electrons. The van der Waals surface area contributed by atoms with Crippen LogP contribution < -0.4 is 0 Å². The molecule has 0 bridgehead atoms. The second-order valence-electron chi connectivity index (χ2n) is 25.6. The molecule has 90 heavy (non-hydrogen) atoms. The molecule has 3 N–H and O–H groups in total. The highest BCUT2D eigenvalue weighted by Gasteiger charge is 2.30. The van der Waals surface area contributed by atoms with Crippen LogP contribution in [0.2, 0.25) is 0 Å². The number of phosphoric acid groups is 2. The van der Waals surface area contributed by atoms with Crippen LogP contribution in [0.5, 0.6) is 0 Å². The van der Waals surface area contributed by atoms with Gasteiger partial charge >= 0.3 is 39.5 Å². The fraction of sp³-hybridized carbons (Fsp3) is 0.944. The molecule has 0 aromatic carbocycles. The van der Waals surface area contributed by atoms with E-state index in [1.54, 1.807) is 0 Å². The summed E-state index contributed by atoms with van der Waals surface area (Å²) in [7, 11) is -9.89. The highest BCUT2D eigenvalue weighted by molar-refractivity contribution is 7.47. The summed E-state index contributed by atoms with van der Waals surface area (Å²) in [5, 5.41) is 10.6. The van der Waals surface area contributed by atoms with E-state index in [1.807, 2.05) is 0 Å². The first-order valence-corrected chi connectivity index (χ1v) is 40.3. The monoisotopic (exact) mass is 1320 g/mol. The minimum atomic E-state index is -4.95. The molecule has 0 spiro atoms. The van der Waals surface area contributed by atoms with Crippen LogP contribution in [0, 0.1) is 0 Å². The maximum Gasteiger partial charge on any atom is 0.472 e. The van der Waals surface area contributed by atoms with Crippen molar-refractivity contribution in [2.24, 2.45) is 0 Å². The second kappa shape index (κ2) is 65.7. The third-order valence-electron chi connectivity index (χ3n) is 16.6. The molecule has 534 valence electrons. The Morgan fingerprint density at radius 3 is 0.656 bits per heavy atom. The van der Waals surface area contributed by atoms with Crippen molar-refractivity contribution in [1.29, 1.82) is 0 Å². The van der Waals surface area contributed by atoms with E-state index in [0.29, 0.717) is 25.7 Å². The molecule has 0 aliphatic rings. The molecule has 0 rings (SSSR count). The summed E-state index contributed by atoms with van der Waals surface area (Å²) in [6.07, 6.45) is 54.2. The number of carbonyl (C=O) groups is 4. The highest BCUT2D eigenvalue weighted by atomic mass is 31.2. The molecule has 5 atom stereocenters. The fourth-order valence-corrected chi connectivity index (χ4v) is 12.4. The lowest BCUT2D eigenvalue weighted by Gasteiger charge is -2.21. The van der Waals surface area contributed by atoms with E-state index in [0.717, 1.165) is 103 Å². The Hall–Kier alpha value is -1.94. The average Bonchev–Trinajstić information content (AvgIpc) is 3.48. The number of unbranched alkanes of at least 4 members (excludes halogenated alkanes) is 46. The third kappa shape index (κ3) is 64.8. The van der Waals surface area contributed by atoms with Crippen molar-refractivity contribution in [2.75, 3.05) is 39.6 Å². The zero-order valence-corrected chi connectivity index (χ0v) is 59.9. The van der Waals surface area contributed by atoms with E-state index in [1.165, 1.54) is 193 Å². The van der Waals surface area contributed by atoms with E-state index in [-0.39, 0.29) is 25.7 Å². The van der Waals surface area contributed by atoms with Gasteiger partial charge in [-0.15, -0.1) is 0 Å². The van der Waals surface area contributed by atoms with Gasteiger partial charge in [-0.1, -0.05) is 323 Å². The SMILES string of the molecule is CCCCCCCCCCCCCCCCCCCC(=O)O[C@H](COC(=O)CCCCCCCCCCCCCCCCCC)COP(=O)(O)OC[C@@H](O)COP(=O)(O)OC[C@@H](COC(=O)CCCCCCCCC)OC(=O)CCCCCCCCCCCC. The molecule has 0 heterocycles. The van der Waals surface area contributed by atoms with Crippen LogP contribution in [-0.2, 0) is 65.4 Å². The van der Waals surface area contributed by atoms with Crippen molar-refractivity contribution in [3.05, 3.63) is 0 Å². The molecule has 0 amide bonds. The largest absolute Gasteiger partial charge is 0.472 e. The Morgan fingerprint density at radius 2 is 0.444 bits per heavy atom. The van der Waals surface area contributed by atoms with Gasteiger partial charge in [-0.3, -0.25) is 37.3 Å². The summed E-state index contributed by atoms with van der Waals surface area (Å²) in [4.78, 5) is 72.4. The van der Waals surface area contributed by atoms with Crippen molar-refractivity contribution in [3.63, 3.8) is 0 Å². The van der Waals surface area contributed by atoms with E-state index < -0.39 is 97.5 Å². The molecule has 0 saturated carbocycles. The van der Waals surface area contributed by atoms with E-state index in [9.17, 15) is 43.2 Å². The number of rotatable bonds is 72. The van der Waals surface area contributed by atoms with Crippen molar-refractivity contribution in [2.45, 2.75) is 393 Å². The van der Waals surface area contributed by atoms with Crippen LogP contribution in [0.3, 0.4) is 0 Å². The Bertz CT molecular complexity index is 1720. The molecular formula is C71H138O17P2. The van der Waals surface area contributed by atoms with Gasteiger partial charge in [-0.25, -0.2) is 9.13 Å². The molecule has 0 aromatic rings. The Balaban J connectivity index is 5.18. The Morgan fingerprint density at radius 1 is 0.267 bits per heavy atom. The number of aliphatic hydroxyl groups is 1. The summed E-state index contributed by atoms with van der Waals surface area (Å²) in [6.45, 7) is 4.91. The molecule has 2 unspecified atom stereocenters. The average molecular weight is 1330 g/mol. The summed E-state index contributed by atoms with van der Waals surface area (Å²) in [5.74, 6) is -2.12. The lowest BCUT2D eigenvalue weighted by Crippen LogP contribution is -2.30. The Labute approximate surface area is 549 Å². The van der Waals surface area contributed by atoms with Gasteiger partial charge in [0.25, 0.3) is 0 Å². The lowest BCUT2D eigenvalue weighted by molar-refractivity contribution is -0.161. The summed E-state index contributed by atoms with van der Waals surface area (Å²) in [5.41, 5.74) is 0. The van der Waals surface area contributed by atoms with Gasteiger partial charge in [0, 0.05) is 25.7 Å². The first kappa shape index (κ1) is 88.1. The molecule has 0 aliphatic carbocycles. The van der Waals surface area contributed by atoms with Gasteiger partial charge in [0.1, 0.15) is 19.3 Å². The number of ether oxygens (including phenoxy) is 4. The molecule has 0 saturated heterocycles. The minimum absolute atomic E-state index is 0.107. The number of esters is 4. The van der Waals surface area contributed by atoms with Gasteiger partial charge in [0.15, 0.2) is 12.2 Å². The molecule has 0 fully saturated rings. The van der Waals surface area contributed by atoms with Crippen LogP contribution in [0.4, 0.5) is 0 Å². The van der Waals surface area contributed by atoms with Crippen LogP contribution in [0.25, 0.3) is 0 Å². The first-order chi connectivity index (χ1) is 43.7. The van der Waals surface area contributed by atoms with Gasteiger partial charge in [0.05, 0.1) is 26.4 Å². The number of aliphatic hydroxyl groups excluding tert-OH is 1. The topological polar surface area (TPSA) is 237 Å². The zero-order chi connectivity index (χ0) is 66.1. The van der Waals surface area contributed by atoms with Crippen LogP contribution in [-0.4, -0.2) is 96.7 Å². The van der Waals surface area contributed by atoms with Crippen molar-refractivity contribution < 1.29 is 80.2 Å². The predicted molar refractivity (Wildman–Crippen MR) is 363 cm³/mol. The summed E-state index contributed by atoms with van der Waals surface area (Å²) >= 11 is 0. The van der Waals surface area contributed by atoms with Crippen LogP contribution >= 0.6 is 15.6 Å². The van der Waals surface area contributed by atoms with Gasteiger partial charge in [-0.05, 0) is 25.7 Å². The number of hydrogen-bond donors (Lipinski definition) is 3. The second-order valence-corrected chi connectivity index (χ2v) is 28.5. The predicted octanol–water partition coefficient (Wildman–Crippen LogP) is 20.7.